The molecule has 1 saturated heterocycles. The smallest absolute Gasteiger partial charge is 0.329 e. The highest BCUT2D eigenvalue weighted by Crippen LogP contribution is 2.36. The molecular formula is C31H25FIN3O5. The normalized spacial score (nSPS) is 13.9. The predicted molar refractivity (Wildman–Crippen MR) is 162 cm³/mol. The van der Waals surface area contributed by atoms with E-state index in [1.807, 2.05) is 37.3 Å². The summed E-state index contributed by atoms with van der Waals surface area (Å²) >= 11 is 2.14. The van der Waals surface area contributed by atoms with Gasteiger partial charge in [-0.15, -0.1) is 0 Å². The summed E-state index contributed by atoms with van der Waals surface area (Å²) in [5, 5.41) is 7.10. The molecule has 0 spiro atoms. The molecule has 4 aromatic carbocycles. The standard InChI is InChI=1S/C31H25FIN3O5/c1-2-40-27-16-19(14-24(33)29(27)41-18-21-10-7-9-20-8-3-4-11-22(20)21)15-26-30(38)36(31(39)35-26)17-28(37)34-25-13-6-5-12-23(25)32/h3-16H,2,17-18H2,1H3,(H,34,37)(H,35,39)/b26-15+. The van der Waals surface area contributed by atoms with Gasteiger partial charge in [-0.3, -0.25) is 9.59 Å². The van der Waals surface area contributed by atoms with Crippen LogP contribution in [0.15, 0.2) is 84.6 Å². The second kappa shape index (κ2) is 12.4. The third kappa shape index (κ3) is 6.32. The predicted octanol–water partition coefficient (Wildman–Crippen LogP) is 6.09. The Morgan fingerprint density at radius 2 is 1.78 bits per heavy atom. The third-order valence-corrected chi connectivity index (χ3v) is 7.11. The monoisotopic (exact) mass is 665 g/mol. The minimum Gasteiger partial charge on any atom is -0.490 e. The molecule has 0 unspecified atom stereocenters. The summed E-state index contributed by atoms with van der Waals surface area (Å²) in [5.74, 6) is -0.952. The lowest BCUT2D eigenvalue weighted by Gasteiger charge is -2.16. The summed E-state index contributed by atoms with van der Waals surface area (Å²) in [6.45, 7) is 2.01. The van der Waals surface area contributed by atoms with Crippen molar-refractivity contribution >= 4 is 63.0 Å². The number of imide groups is 1. The molecule has 4 amide bonds. The number of urea groups is 1. The van der Waals surface area contributed by atoms with Gasteiger partial charge < -0.3 is 20.1 Å². The van der Waals surface area contributed by atoms with Crippen molar-refractivity contribution in [1.29, 1.82) is 0 Å². The van der Waals surface area contributed by atoms with Crippen LogP contribution in [0.25, 0.3) is 16.8 Å². The topological polar surface area (TPSA) is 97.0 Å². The fraction of sp³-hybridized carbons (Fsp3) is 0.129. The van der Waals surface area contributed by atoms with Crippen molar-refractivity contribution in [3.05, 3.63) is 105 Å². The Morgan fingerprint density at radius 3 is 2.59 bits per heavy atom. The number of halogens is 2. The first kappa shape index (κ1) is 28.1. The molecule has 0 radical (unpaired) electrons. The summed E-state index contributed by atoms with van der Waals surface area (Å²) in [4.78, 5) is 38.6. The Hall–Kier alpha value is -4.45. The number of nitrogens with one attached hydrogen (secondary N) is 2. The molecule has 0 aromatic heterocycles. The SMILES string of the molecule is CCOc1cc(/C=C2/NC(=O)N(CC(=O)Nc3ccccc3F)C2=O)cc(I)c1OCc1cccc2ccccc12. The highest BCUT2D eigenvalue weighted by Gasteiger charge is 2.35. The van der Waals surface area contributed by atoms with Crippen LogP contribution >= 0.6 is 22.6 Å². The Morgan fingerprint density at radius 1 is 1.02 bits per heavy atom. The molecule has 0 bridgehead atoms. The zero-order valence-corrected chi connectivity index (χ0v) is 24.1. The first-order valence-electron chi connectivity index (χ1n) is 12.8. The van der Waals surface area contributed by atoms with Crippen LogP contribution in [0, 0.1) is 9.39 Å². The van der Waals surface area contributed by atoms with Gasteiger partial charge in [0.05, 0.1) is 15.9 Å². The molecule has 8 nitrogen and oxygen atoms in total. The summed E-state index contributed by atoms with van der Waals surface area (Å²) in [5.41, 5.74) is 1.58. The van der Waals surface area contributed by atoms with Gasteiger partial charge in [0.1, 0.15) is 24.7 Å². The minimum absolute atomic E-state index is 0.00337. The number of rotatable bonds is 9. The highest BCUT2D eigenvalue weighted by atomic mass is 127. The van der Waals surface area contributed by atoms with Gasteiger partial charge in [-0.2, -0.15) is 0 Å². The molecule has 1 heterocycles. The van der Waals surface area contributed by atoms with Crippen molar-refractivity contribution in [2.45, 2.75) is 13.5 Å². The lowest BCUT2D eigenvalue weighted by Crippen LogP contribution is -2.38. The number of anilines is 1. The molecule has 1 aliphatic heterocycles. The number of para-hydroxylation sites is 1. The van der Waals surface area contributed by atoms with Crippen LogP contribution in [0.4, 0.5) is 14.9 Å². The van der Waals surface area contributed by atoms with E-state index in [1.165, 1.54) is 24.3 Å². The molecule has 4 aromatic rings. The second-order valence-electron chi connectivity index (χ2n) is 9.10. The molecular weight excluding hydrogens is 640 g/mol. The fourth-order valence-electron chi connectivity index (χ4n) is 4.42. The lowest BCUT2D eigenvalue weighted by molar-refractivity contribution is -0.127. The van der Waals surface area contributed by atoms with Crippen LogP contribution in [0.2, 0.25) is 0 Å². The maximum absolute atomic E-state index is 13.9. The molecule has 2 N–H and O–H groups in total. The van der Waals surface area contributed by atoms with E-state index in [4.69, 9.17) is 9.47 Å². The number of carbonyl (C=O) groups excluding carboxylic acids is 3. The van der Waals surface area contributed by atoms with Gasteiger partial charge in [-0.25, -0.2) is 14.1 Å². The van der Waals surface area contributed by atoms with Crippen LogP contribution in [0.3, 0.4) is 0 Å². The molecule has 0 atom stereocenters. The van der Waals surface area contributed by atoms with Crippen LogP contribution in [-0.2, 0) is 16.2 Å². The summed E-state index contributed by atoms with van der Waals surface area (Å²) in [6.07, 6.45) is 1.51. The van der Waals surface area contributed by atoms with Gasteiger partial charge >= 0.3 is 6.03 Å². The van der Waals surface area contributed by atoms with Crippen LogP contribution in [0.5, 0.6) is 11.5 Å². The maximum atomic E-state index is 13.9. The van der Waals surface area contributed by atoms with Gasteiger partial charge in [0.2, 0.25) is 5.91 Å². The highest BCUT2D eigenvalue weighted by molar-refractivity contribution is 14.1. The number of benzene rings is 4. The first-order valence-corrected chi connectivity index (χ1v) is 13.9. The zero-order valence-electron chi connectivity index (χ0n) is 21.9. The van der Waals surface area contributed by atoms with E-state index in [2.05, 4.69) is 51.4 Å². The van der Waals surface area contributed by atoms with Gasteiger partial charge in [0.25, 0.3) is 5.91 Å². The number of hydrogen-bond acceptors (Lipinski definition) is 5. The van der Waals surface area contributed by atoms with Gasteiger partial charge in [-0.1, -0.05) is 54.6 Å². The van der Waals surface area contributed by atoms with Crippen LogP contribution in [-0.4, -0.2) is 35.9 Å². The lowest BCUT2D eigenvalue weighted by atomic mass is 10.1. The number of amides is 4. The van der Waals surface area contributed by atoms with Gasteiger partial charge in [-0.05, 0) is 81.8 Å². The van der Waals surface area contributed by atoms with Crippen molar-refractivity contribution in [1.82, 2.24) is 10.2 Å². The molecule has 0 saturated carbocycles. The number of carbonyl (C=O) groups is 3. The Bertz CT molecular complexity index is 1680. The van der Waals surface area contributed by atoms with E-state index in [9.17, 15) is 18.8 Å². The van der Waals surface area contributed by atoms with Crippen molar-refractivity contribution in [3.63, 3.8) is 0 Å². The van der Waals surface area contributed by atoms with Gasteiger partial charge in [0.15, 0.2) is 11.5 Å². The molecule has 5 rings (SSSR count). The number of fused-ring (bicyclic) bond motifs is 1. The van der Waals surface area contributed by atoms with Crippen molar-refractivity contribution in [2.75, 3.05) is 18.5 Å². The van der Waals surface area contributed by atoms with E-state index < -0.39 is 30.2 Å². The Kier molecular flexibility index (Phi) is 8.48. The molecule has 10 heteroatoms. The minimum atomic E-state index is -0.750. The van der Waals surface area contributed by atoms with Crippen molar-refractivity contribution in [3.8, 4) is 11.5 Å². The van der Waals surface area contributed by atoms with E-state index in [0.29, 0.717) is 30.3 Å². The number of nitrogens with zero attached hydrogens (tertiary/aromatic N) is 1. The zero-order chi connectivity index (χ0) is 28.9. The Labute approximate surface area is 249 Å². The maximum Gasteiger partial charge on any atom is 0.329 e. The van der Waals surface area contributed by atoms with Crippen molar-refractivity contribution in [2.24, 2.45) is 0 Å². The average Bonchev–Trinajstić information content (AvgIpc) is 3.21. The fourth-order valence-corrected chi connectivity index (χ4v) is 5.20. The summed E-state index contributed by atoms with van der Waals surface area (Å²) in [6, 6.07) is 22.6. The molecule has 1 fully saturated rings. The van der Waals surface area contributed by atoms with E-state index in [-0.39, 0.29) is 11.4 Å². The molecule has 0 aliphatic carbocycles. The van der Waals surface area contributed by atoms with Gasteiger partial charge in [0, 0.05) is 0 Å². The average molecular weight is 665 g/mol. The van der Waals surface area contributed by atoms with E-state index in [0.717, 1.165) is 24.8 Å². The summed E-state index contributed by atoms with van der Waals surface area (Å²) < 4.78 is 26.7. The number of ether oxygens (including phenoxy) is 2. The van der Waals surface area contributed by atoms with Crippen LogP contribution in [0.1, 0.15) is 18.1 Å². The largest absolute Gasteiger partial charge is 0.490 e. The van der Waals surface area contributed by atoms with Crippen LogP contribution < -0.4 is 20.1 Å². The molecule has 1 aliphatic rings. The quantitative estimate of drug-likeness (QED) is 0.128. The van der Waals surface area contributed by atoms with Crippen molar-refractivity contribution < 1.29 is 28.2 Å². The molecule has 41 heavy (non-hydrogen) atoms. The third-order valence-electron chi connectivity index (χ3n) is 6.31. The second-order valence-corrected chi connectivity index (χ2v) is 10.3. The summed E-state index contributed by atoms with van der Waals surface area (Å²) in [7, 11) is 0. The van der Waals surface area contributed by atoms with E-state index >= 15 is 0 Å². The molecule has 208 valence electrons. The first-order chi connectivity index (χ1) is 19.8. The number of hydrogen-bond donors (Lipinski definition) is 2. The van der Waals surface area contributed by atoms with E-state index in [1.54, 1.807) is 12.1 Å². The Balaban J connectivity index is 1.33.